The van der Waals surface area contributed by atoms with E-state index in [-0.39, 0.29) is 18.0 Å². The lowest BCUT2D eigenvalue weighted by Gasteiger charge is -2.17. The van der Waals surface area contributed by atoms with E-state index in [9.17, 15) is 9.59 Å². The van der Waals surface area contributed by atoms with Gasteiger partial charge >= 0.3 is 0 Å². The summed E-state index contributed by atoms with van der Waals surface area (Å²) >= 11 is 6.16. The van der Waals surface area contributed by atoms with Crippen LogP contribution >= 0.6 is 11.6 Å². The number of Topliss-reactive ketones (excluding diaryl/α,β-unsaturated/α-hetero) is 2. The Morgan fingerprint density at radius 2 is 1.73 bits per heavy atom. The normalized spacial score (nSPS) is 11.2. The molecule has 2 aromatic carbocycles. The zero-order valence-corrected chi connectivity index (χ0v) is 18.3. The monoisotopic (exact) mass is 422 g/mol. The van der Waals surface area contributed by atoms with Crippen LogP contribution in [0.15, 0.2) is 54.6 Å². The lowest BCUT2D eigenvalue weighted by atomic mass is 9.97. The van der Waals surface area contributed by atoms with Crippen LogP contribution in [-0.4, -0.2) is 41.1 Å². The van der Waals surface area contributed by atoms with Crippen molar-refractivity contribution < 1.29 is 9.59 Å². The Bertz CT molecular complexity index is 1030. The van der Waals surface area contributed by atoms with E-state index in [2.05, 4.69) is 23.7 Å². The Kier molecular flexibility index (Phi) is 7.72. The average molecular weight is 423 g/mol. The molecule has 1 heterocycles. The van der Waals surface area contributed by atoms with Crippen LogP contribution < -0.4 is 0 Å². The van der Waals surface area contributed by atoms with E-state index in [1.807, 2.05) is 30.3 Å². The smallest absolute Gasteiger partial charge is 0.170 e. The molecule has 0 bridgehead atoms. The van der Waals surface area contributed by atoms with Gasteiger partial charge in [0.25, 0.3) is 0 Å². The predicted octanol–water partition coefficient (Wildman–Crippen LogP) is 5.82. The summed E-state index contributed by atoms with van der Waals surface area (Å²) in [6.45, 7) is 7.04. The zero-order chi connectivity index (χ0) is 21.5. The Morgan fingerprint density at radius 1 is 1.00 bits per heavy atom. The van der Waals surface area contributed by atoms with Crippen molar-refractivity contribution in [1.29, 1.82) is 0 Å². The van der Waals surface area contributed by atoms with Crippen molar-refractivity contribution in [3.05, 3.63) is 65.2 Å². The van der Waals surface area contributed by atoms with E-state index in [1.165, 1.54) is 0 Å². The highest BCUT2D eigenvalue weighted by molar-refractivity contribution is 6.31. The molecule has 1 aromatic heterocycles. The van der Waals surface area contributed by atoms with Gasteiger partial charge in [0.2, 0.25) is 0 Å². The molecule has 0 amide bonds. The lowest BCUT2D eigenvalue weighted by Crippen LogP contribution is -2.24. The summed E-state index contributed by atoms with van der Waals surface area (Å²) in [6.07, 6.45) is 1.10. The van der Waals surface area contributed by atoms with Crippen LogP contribution in [0, 0.1) is 0 Å². The van der Waals surface area contributed by atoms with Gasteiger partial charge in [0.1, 0.15) is 5.78 Å². The third-order valence-electron chi connectivity index (χ3n) is 5.32. The molecule has 0 saturated carbocycles. The highest BCUT2D eigenvalue weighted by Gasteiger charge is 2.17. The summed E-state index contributed by atoms with van der Waals surface area (Å²) < 4.78 is 0. The molecular formula is C25H27ClN2O2. The lowest BCUT2D eigenvalue weighted by molar-refractivity contribution is -0.118. The highest BCUT2D eigenvalue weighted by atomic mass is 35.5. The van der Waals surface area contributed by atoms with Crippen LogP contribution in [0.4, 0.5) is 0 Å². The summed E-state index contributed by atoms with van der Waals surface area (Å²) in [7, 11) is 0. The van der Waals surface area contributed by atoms with Gasteiger partial charge < -0.3 is 4.90 Å². The number of nitrogens with zero attached hydrogens (tertiary/aromatic N) is 2. The number of aromatic nitrogens is 1. The highest BCUT2D eigenvalue weighted by Crippen LogP contribution is 2.27. The maximum atomic E-state index is 13.1. The van der Waals surface area contributed by atoms with Gasteiger partial charge in [0.05, 0.1) is 17.6 Å². The van der Waals surface area contributed by atoms with Crippen molar-refractivity contribution >= 4 is 34.1 Å². The standard InChI is InChI=1S/C25H27ClN2O2/c1-3-28(4-2)14-8-11-20(29)16-25(30)22-17-23(18-9-6-5-7-10-18)27-24-15-19(26)12-13-21(22)24/h5-7,9-10,12-13,15,17H,3-4,8,11,14,16H2,1-2H3. The Balaban J connectivity index is 1.83. The largest absolute Gasteiger partial charge is 0.304 e. The fraction of sp³-hybridized carbons (Fsp3) is 0.320. The predicted molar refractivity (Wildman–Crippen MR) is 123 cm³/mol. The maximum absolute atomic E-state index is 13.1. The van der Waals surface area contributed by atoms with Crippen molar-refractivity contribution in [2.45, 2.75) is 33.1 Å². The van der Waals surface area contributed by atoms with Crippen molar-refractivity contribution in [2.24, 2.45) is 0 Å². The van der Waals surface area contributed by atoms with E-state index in [1.54, 1.807) is 24.3 Å². The first-order chi connectivity index (χ1) is 14.5. The summed E-state index contributed by atoms with van der Waals surface area (Å²) in [5.41, 5.74) is 2.79. The summed E-state index contributed by atoms with van der Waals surface area (Å²) in [5, 5.41) is 1.28. The molecule has 0 radical (unpaired) electrons. The quantitative estimate of drug-likeness (QED) is 0.305. The second-order valence-electron chi connectivity index (χ2n) is 7.35. The molecule has 0 atom stereocenters. The molecule has 0 aliphatic carbocycles. The second-order valence-corrected chi connectivity index (χ2v) is 7.79. The van der Waals surface area contributed by atoms with Crippen LogP contribution in [0.2, 0.25) is 5.02 Å². The van der Waals surface area contributed by atoms with Gasteiger partial charge in [0, 0.05) is 28.0 Å². The first-order valence-electron chi connectivity index (χ1n) is 10.4. The minimum atomic E-state index is -0.172. The number of pyridine rings is 1. The number of rotatable bonds is 10. The third kappa shape index (κ3) is 5.53. The number of hydrogen-bond donors (Lipinski definition) is 0. The fourth-order valence-electron chi connectivity index (χ4n) is 3.59. The number of carbonyl (C=O) groups is 2. The van der Waals surface area contributed by atoms with Crippen LogP contribution in [0.3, 0.4) is 0 Å². The second kappa shape index (κ2) is 10.5. The van der Waals surface area contributed by atoms with Crippen molar-refractivity contribution in [3.8, 4) is 11.3 Å². The topological polar surface area (TPSA) is 50.3 Å². The van der Waals surface area contributed by atoms with E-state index >= 15 is 0 Å². The van der Waals surface area contributed by atoms with Crippen molar-refractivity contribution in [1.82, 2.24) is 9.88 Å². The molecule has 156 valence electrons. The molecule has 4 nitrogen and oxygen atoms in total. The number of benzene rings is 2. The Labute approximate surface area is 182 Å². The Morgan fingerprint density at radius 3 is 2.43 bits per heavy atom. The van der Waals surface area contributed by atoms with Gasteiger partial charge in [0.15, 0.2) is 5.78 Å². The van der Waals surface area contributed by atoms with E-state index < -0.39 is 0 Å². The number of halogens is 1. The van der Waals surface area contributed by atoms with E-state index in [0.717, 1.165) is 37.0 Å². The van der Waals surface area contributed by atoms with E-state index in [0.29, 0.717) is 28.2 Å². The van der Waals surface area contributed by atoms with E-state index in [4.69, 9.17) is 11.6 Å². The summed E-state index contributed by atoms with van der Waals surface area (Å²) in [5.74, 6) is -0.193. The molecule has 0 unspecified atom stereocenters. The van der Waals surface area contributed by atoms with Crippen molar-refractivity contribution in [3.63, 3.8) is 0 Å². The van der Waals surface area contributed by atoms with Crippen LogP contribution in [-0.2, 0) is 4.79 Å². The molecule has 0 aliphatic heterocycles. The minimum Gasteiger partial charge on any atom is -0.304 e. The number of carbonyl (C=O) groups excluding carboxylic acids is 2. The van der Waals surface area contributed by atoms with Crippen LogP contribution in [0.5, 0.6) is 0 Å². The average Bonchev–Trinajstić information content (AvgIpc) is 2.76. The first-order valence-corrected chi connectivity index (χ1v) is 10.8. The van der Waals surface area contributed by atoms with Gasteiger partial charge in [-0.25, -0.2) is 4.98 Å². The molecule has 0 N–H and O–H groups in total. The molecule has 0 saturated heterocycles. The van der Waals surface area contributed by atoms with Crippen LogP contribution in [0.1, 0.15) is 43.5 Å². The Hall–Kier alpha value is -2.56. The SMILES string of the molecule is CCN(CC)CCCC(=O)CC(=O)c1cc(-c2ccccc2)nc2cc(Cl)ccc12. The zero-order valence-electron chi connectivity index (χ0n) is 17.5. The number of hydrogen-bond acceptors (Lipinski definition) is 4. The van der Waals surface area contributed by atoms with Gasteiger partial charge in [-0.1, -0.05) is 61.8 Å². The summed E-state index contributed by atoms with van der Waals surface area (Å²) in [6, 6.07) is 16.8. The molecule has 30 heavy (non-hydrogen) atoms. The minimum absolute atomic E-state index is 0.0210. The van der Waals surface area contributed by atoms with Gasteiger partial charge in [-0.2, -0.15) is 0 Å². The summed E-state index contributed by atoms with van der Waals surface area (Å²) in [4.78, 5) is 32.5. The number of ketones is 2. The van der Waals surface area contributed by atoms with Crippen molar-refractivity contribution in [2.75, 3.05) is 19.6 Å². The molecule has 0 spiro atoms. The van der Waals surface area contributed by atoms with Gasteiger partial charge in [-0.05, 0) is 44.3 Å². The molecule has 3 aromatic rings. The van der Waals surface area contributed by atoms with Gasteiger partial charge in [-0.15, -0.1) is 0 Å². The first kappa shape index (κ1) is 22.1. The van der Waals surface area contributed by atoms with Gasteiger partial charge in [-0.3, -0.25) is 9.59 Å². The molecule has 0 aliphatic rings. The molecule has 3 rings (SSSR count). The maximum Gasteiger partial charge on any atom is 0.170 e. The molecule has 5 heteroatoms. The van der Waals surface area contributed by atoms with Crippen LogP contribution in [0.25, 0.3) is 22.2 Å². The number of fused-ring (bicyclic) bond motifs is 1. The fourth-order valence-corrected chi connectivity index (χ4v) is 3.76. The third-order valence-corrected chi connectivity index (χ3v) is 5.56. The molecule has 0 fully saturated rings. The molecular weight excluding hydrogens is 396 g/mol.